The van der Waals surface area contributed by atoms with Gasteiger partial charge in [-0.25, -0.2) is 0 Å². The van der Waals surface area contributed by atoms with Crippen LogP contribution in [0.15, 0.2) is 46.9 Å². The minimum atomic E-state index is 0.854. The van der Waals surface area contributed by atoms with E-state index in [4.69, 9.17) is 16.6 Å². The van der Waals surface area contributed by atoms with Gasteiger partial charge in [-0.3, -0.25) is 0 Å². The first-order valence-corrected chi connectivity index (χ1v) is 5.59. The fourth-order valence-corrected chi connectivity index (χ4v) is 2.43. The molecule has 0 amide bonds. The van der Waals surface area contributed by atoms with Crippen molar-refractivity contribution in [2.45, 2.75) is 6.92 Å². The third-order valence-corrected chi connectivity index (χ3v) is 3.06. The van der Waals surface area contributed by atoms with Crippen molar-refractivity contribution in [2.75, 3.05) is 0 Å². The Labute approximate surface area is 98.3 Å². The summed E-state index contributed by atoms with van der Waals surface area (Å²) in [5.74, 6) is 0.854. The van der Waals surface area contributed by atoms with Crippen LogP contribution in [0.25, 0.3) is 21.7 Å². The first-order chi connectivity index (χ1) is 7.75. The lowest BCUT2D eigenvalue weighted by Crippen LogP contribution is -1.80. The molecule has 0 saturated heterocycles. The summed E-state index contributed by atoms with van der Waals surface area (Å²) in [6.45, 7) is 1.92. The van der Waals surface area contributed by atoms with Crippen LogP contribution < -0.4 is 0 Å². The third kappa shape index (κ3) is 1.34. The van der Waals surface area contributed by atoms with Gasteiger partial charge >= 0.3 is 0 Å². The van der Waals surface area contributed by atoms with E-state index in [0.29, 0.717) is 0 Å². The molecule has 0 aliphatic rings. The highest BCUT2D eigenvalue weighted by Crippen LogP contribution is 2.27. The molecule has 3 aromatic rings. The van der Waals surface area contributed by atoms with Crippen LogP contribution in [0.2, 0.25) is 0 Å². The molecule has 16 heavy (non-hydrogen) atoms. The zero-order valence-electron chi connectivity index (χ0n) is 8.86. The van der Waals surface area contributed by atoms with Crippen LogP contribution in [-0.2, 0) is 0 Å². The topological polar surface area (TPSA) is 13.1 Å². The number of hydrogen-bond donors (Lipinski definition) is 0. The molecule has 1 aromatic heterocycles. The molecule has 78 valence electrons. The van der Waals surface area contributed by atoms with Crippen molar-refractivity contribution in [1.82, 2.24) is 0 Å². The zero-order valence-corrected chi connectivity index (χ0v) is 9.67. The van der Waals surface area contributed by atoms with Crippen molar-refractivity contribution >= 4 is 34.0 Å². The lowest BCUT2D eigenvalue weighted by atomic mass is 10.1. The molecule has 0 N–H and O–H groups in total. The largest absolute Gasteiger partial charge is 0.461 e. The first-order valence-electron chi connectivity index (χ1n) is 5.18. The van der Waals surface area contributed by atoms with E-state index in [9.17, 15) is 0 Å². The van der Waals surface area contributed by atoms with Crippen molar-refractivity contribution in [3.63, 3.8) is 0 Å². The smallest absolute Gasteiger partial charge is 0.136 e. The number of hydrogen-bond acceptors (Lipinski definition) is 2. The second-order valence-electron chi connectivity index (χ2n) is 3.88. The average Bonchev–Trinajstić information content (AvgIpc) is 2.28. The molecular formula is C14H10OS. The Kier molecular flexibility index (Phi) is 2.04. The van der Waals surface area contributed by atoms with Crippen molar-refractivity contribution in [3.05, 3.63) is 52.7 Å². The summed E-state index contributed by atoms with van der Waals surface area (Å²) >= 11 is 5.41. The van der Waals surface area contributed by atoms with Crippen LogP contribution in [0.1, 0.15) is 5.76 Å². The fraction of sp³-hybridized carbons (Fsp3) is 0.0714. The molecule has 0 atom stereocenters. The summed E-state index contributed by atoms with van der Waals surface area (Å²) in [6.07, 6.45) is 0. The summed E-state index contributed by atoms with van der Waals surface area (Å²) in [5, 5.41) is 3.40. The van der Waals surface area contributed by atoms with Crippen molar-refractivity contribution in [3.8, 4) is 0 Å². The van der Waals surface area contributed by atoms with Crippen molar-refractivity contribution < 1.29 is 4.42 Å². The van der Waals surface area contributed by atoms with E-state index in [-0.39, 0.29) is 0 Å². The second kappa shape index (κ2) is 3.42. The van der Waals surface area contributed by atoms with Gasteiger partial charge in [0.2, 0.25) is 0 Å². The fourth-order valence-electron chi connectivity index (χ4n) is 2.05. The molecule has 0 radical (unpaired) electrons. The van der Waals surface area contributed by atoms with Crippen LogP contribution in [0.4, 0.5) is 0 Å². The van der Waals surface area contributed by atoms with Gasteiger partial charge in [0, 0.05) is 5.39 Å². The summed E-state index contributed by atoms with van der Waals surface area (Å²) in [5.41, 5.74) is 0.865. The maximum atomic E-state index is 5.68. The number of rotatable bonds is 0. The Bertz CT molecular complexity index is 740. The highest BCUT2D eigenvalue weighted by atomic mass is 32.1. The van der Waals surface area contributed by atoms with Gasteiger partial charge < -0.3 is 4.42 Å². The molecule has 0 aliphatic carbocycles. The van der Waals surface area contributed by atoms with Gasteiger partial charge in [-0.15, -0.1) is 0 Å². The van der Waals surface area contributed by atoms with Crippen LogP contribution in [0.3, 0.4) is 0 Å². The Morgan fingerprint density at radius 1 is 1.06 bits per heavy atom. The maximum Gasteiger partial charge on any atom is 0.136 e. The normalized spacial score (nSPS) is 11.1. The Morgan fingerprint density at radius 3 is 2.75 bits per heavy atom. The van der Waals surface area contributed by atoms with Crippen LogP contribution in [0, 0.1) is 11.4 Å². The van der Waals surface area contributed by atoms with E-state index in [1.807, 2.05) is 31.2 Å². The molecule has 0 saturated carbocycles. The highest BCUT2D eigenvalue weighted by molar-refractivity contribution is 7.71. The predicted molar refractivity (Wildman–Crippen MR) is 69.3 cm³/mol. The van der Waals surface area contributed by atoms with Gasteiger partial charge in [-0.1, -0.05) is 42.5 Å². The standard InChI is InChI=1S/C14H10OS/c1-9-8-13(16)14-11-5-3-2-4-10(11)6-7-12(14)15-9/h2-8H,1H3. The molecule has 2 aromatic carbocycles. The molecule has 0 aliphatic heterocycles. The molecule has 0 fully saturated rings. The SMILES string of the molecule is Cc1cc(=S)c2c(ccc3ccccc32)o1. The molecule has 0 spiro atoms. The monoisotopic (exact) mass is 226 g/mol. The molecule has 1 heterocycles. The van der Waals surface area contributed by atoms with Gasteiger partial charge in [-0.2, -0.15) is 0 Å². The Balaban J connectivity index is 2.65. The zero-order chi connectivity index (χ0) is 11.1. The van der Waals surface area contributed by atoms with Gasteiger partial charge in [0.15, 0.2) is 0 Å². The van der Waals surface area contributed by atoms with E-state index < -0.39 is 0 Å². The molecule has 1 nitrogen and oxygen atoms in total. The van der Waals surface area contributed by atoms with Gasteiger partial charge in [0.1, 0.15) is 11.3 Å². The van der Waals surface area contributed by atoms with Crippen LogP contribution in [0.5, 0.6) is 0 Å². The molecule has 0 unspecified atom stereocenters. The minimum Gasteiger partial charge on any atom is -0.461 e. The molecule has 2 heteroatoms. The van der Waals surface area contributed by atoms with Gasteiger partial charge in [0.05, 0.1) is 4.51 Å². The molecule has 0 bridgehead atoms. The predicted octanol–water partition coefficient (Wildman–Crippen LogP) is 4.62. The maximum absolute atomic E-state index is 5.68. The summed E-state index contributed by atoms with van der Waals surface area (Å²) < 4.78 is 6.54. The van der Waals surface area contributed by atoms with E-state index in [2.05, 4.69) is 18.2 Å². The third-order valence-electron chi connectivity index (χ3n) is 2.74. The Hall–Kier alpha value is -1.67. The molecular weight excluding hydrogens is 216 g/mol. The van der Waals surface area contributed by atoms with Gasteiger partial charge in [0.25, 0.3) is 0 Å². The number of benzene rings is 2. The van der Waals surface area contributed by atoms with Crippen molar-refractivity contribution in [2.24, 2.45) is 0 Å². The number of aryl methyl sites for hydroxylation is 1. The lowest BCUT2D eigenvalue weighted by molar-refractivity contribution is 0.566. The van der Waals surface area contributed by atoms with E-state index in [1.54, 1.807) is 0 Å². The van der Waals surface area contributed by atoms with E-state index >= 15 is 0 Å². The van der Waals surface area contributed by atoms with E-state index in [1.165, 1.54) is 5.39 Å². The summed E-state index contributed by atoms with van der Waals surface area (Å²) in [6, 6.07) is 14.2. The minimum absolute atomic E-state index is 0.854. The first kappa shape index (κ1) is 9.55. The average molecular weight is 226 g/mol. The Morgan fingerprint density at radius 2 is 1.88 bits per heavy atom. The highest BCUT2D eigenvalue weighted by Gasteiger charge is 2.04. The summed E-state index contributed by atoms with van der Waals surface area (Å²) in [4.78, 5) is 0. The number of fused-ring (bicyclic) bond motifs is 3. The molecule has 3 rings (SSSR count). The van der Waals surface area contributed by atoms with Gasteiger partial charge in [-0.05, 0) is 29.8 Å². The van der Waals surface area contributed by atoms with Crippen LogP contribution in [-0.4, -0.2) is 0 Å². The van der Waals surface area contributed by atoms with E-state index in [0.717, 1.165) is 26.6 Å². The summed E-state index contributed by atoms with van der Waals surface area (Å²) in [7, 11) is 0. The second-order valence-corrected chi connectivity index (χ2v) is 4.32. The quantitative estimate of drug-likeness (QED) is 0.409. The lowest BCUT2D eigenvalue weighted by Gasteiger charge is -2.04. The van der Waals surface area contributed by atoms with Crippen LogP contribution >= 0.6 is 12.2 Å². The van der Waals surface area contributed by atoms with Crippen molar-refractivity contribution in [1.29, 1.82) is 0 Å².